The summed E-state index contributed by atoms with van der Waals surface area (Å²) in [6.07, 6.45) is 1.32. The molecule has 2 amide bonds. The molecule has 3 rings (SSSR count). The molecule has 152 valence electrons. The Balaban J connectivity index is 1.83. The second-order valence-electron chi connectivity index (χ2n) is 7.14. The number of likely N-dealkylation sites (N-methyl/N-ethyl adjacent to an activating group) is 1. The van der Waals surface area contributed by atoms with Crippen molar-refractivity contribution >= 4 is 38.3 Å². The third-order valence-electron chi connectivity index (χ3n) is 5.36. The molecule has 0 aliphatic carbocycles. The number of benzene rings is 2. The molecule has 7 heteroatoms. The molecule has 2 aromatic carbocycles. The van der Waals surface area contributed by atoms with Crippen molar-refractivity contribution < 1.29 is 14.4 Å². The van der Waals surface area contributed by atoms with Crippen LogP contribution in [0.15, 0.2) is 36.4 Å². The smallest absolute Gasteiger partial charge is 0.255 e. The zero-order chi connectivity index (χ0) is 21.0. The molecule has 2 atom stereocenters. The van der Waals surface area contributed by atoms with Gasteiger partial charge in [-0.15, -0.1) is 9.24 Å². The first-order valence-corrected chi connectivity index (χ1v) is 10.2. The van der Waals surface area contributed by atoms with Gasteiger partial charge in [-0.25, -0.2) is 0 Å². The van der Waals surface area contributed by atoms with Crippen molar-refractivity contribution in [1.82, 2.24) is 10.2 Å². The fraction of sp³-hybridized carbons (Fsp3) is 0.318. The first-order valence-electron chi connectivity index (χ1n) is 9.63. The van der Waals surface area contributed by atoms with E-state index < -0.39 is 6.04 Å². The molecule has 0 radical (unpaired) electrons. The summed E-state index contributed by atoms with van der Waals surface area (Å²) >= 11 is 0. The van der Waals surface area contributed by atoms with Crippen molar-refractivity contribution in [3.05, 3.63) is 58.7 Å². The van der Waals surface area contributed by atoms with E-state index in [0.717, 1.165) is 17.5 Å². The van der Waals surface area contributed by atoms with E-state index in [2.05, 4.69) is 38.9 Å². The van der Waals surface area contributed by atoms with Crippen LogP contribution in [0.3, 0.4) is 0 Å². The van der Waals surface area contributed by atoms with Crippen LogP contribution in [-0.2, 0) is 22.7 Å². The minimum atomic E-state index is -0.659. The average molecular weight is 411 g/mol. The average Bonchev–Trinajstić information content (AvgIpc) is 3.06. The van der Waals surface area contributed by atoms with Gasteiger partial charge in [0.1, 0.15) is 12.3 Å². The molecule has 29 heavy (non-hydrogen) atoms. The highest BCUT2D eigenvalue weighted by atomic mass is 31.0. The summed E-state index contributed by atoms with van der Waals surface area (Å²) in [5, 5.41) is 7.22. The summed E-state index contributed by atoms with van der Waals surface area (Å²) in [5.74, 6) is -0.430. The van der Waals surface area contributed by atoms with Crippen molar-refractivity contribution in [1.29, 1.82) is 0 Å². The minimum Gasteiger partial charge on any atom is -0.381 e. The van der Waals surface area contributed by atoms with Crippen LogP contribution >= 0.6 is 9.24 Å². The van der Waals surface area contributed by atoms with E-state index in [1.807, 2.05) is 18.2 Å². The summed E-state index contributed by atoms with van der Waals surface area (Å²) in [5.41, 5.74) is 4.75. The van der Waals surface area contributed by atoms with Crippen LogP contribution in [0.25, 0.3) is 0 Å². The van der Waals surface area contributed by atoms with Gasteiger partial charge in [0.15, 0.2) is 0 Å². The number of hydrogen-bond donors (Lipinski definition) is 2. The lowest BCUT2D eigenvalue weighted by atomic mass is 10.1. The standard InChI is InChI=1S/C22H26N3O3P/c1-14-6-3-7-15(20(14)29)12-24-18-9-4-8-16-17(18)13-25(22(16)28)19(10-5-11-26)21(27)23-2/h3-4,6-9,11,19,24H,5,10,12-13,29H2,1-2H3,(H,23,27). The first-order chi connectivity index (χ1) is 14.0. The highest BCUT2D eigenvalue weighted by molar-refractivity contribution is 7.27. The van der Waals surface area contributed by atoms with Crippen molar-refractivity contribution in [3.63, 3.8) is 0 Å². The fourth-order valence-corrected chi connectivity index (χ4v) is 3.97. The van der Waals surface area contributed by atoms with Crippen LogP contribution in [-0.4, -0.2) is 36.1 Å². The summed E-state index contributed by atoms with van der Waals surface area (Å²) in [7, 11) is 4.32. The number of carbonyl (C=O) groups excluding carboxylic acids is 3. The SMILES string of the molecule is CNC(=O)C(CCC=O)N1Cc2c(NCc3cccc(C)c3P)cccc2C1=O. The lowest BCUT2D eigenvalue weighted by molar-refractivity contribution is -0.125. The number of fused-ring (bicyclic) bond motifs is 1. The van der Waals surface area contributed by atoms with Crippen molar-refractivity contribution in [2.45, 2.75) is 38.9 Å². The summed E-state index contributed by atoms with van der Waals surface area (Å²) < 4.78 is 0. The summed E-state index contributed by atoms with van der Waals surface area (Å²) in [6.45, 7) is 3.05. The molecule has 2 aromatic rings. The van der Waals surface area contributed by atoms with Gasteiger partial charge < -0.3 is 20.3 Å². The number of nitrogens with zero attached hydrogens (tertiary/aromatic N) is 1. The highest BCUT2D eigenvalue weighted by Gasteiger charge is 2.36. The number of aryl methyl sites for hydroxylation is 1. The molecule has 0 fully saturated rings. The van der Waals surface area contributed by atoms with E-state index in [1.54, 1.807) is 18.0 Å². The van der Waals surface area contributed by atoms with E-state index in [1.165, 1.54) is 16.4 Å². The van der Waals surface area contributed by atoms with Crippen molar-refractivity contribution in [2.75, 3.05) is 12.4 Å². The fourth-order valence-electron chi connectivity index (χ4n) is 3.68. The number of amides is 2. The number of anilines is 1. The van der Waals surface area contributed by atoms with Crippen molar-refractivity contribution in [2.24, 2.45) is 0 Å². The third kappa shape index (κ3) is 4.33. The van der Waals surface area contributed by atoms with Gasteiger partial charge in [0.25, 0.3) is 5.91 Å². The van der Waals surface area contributed by atoms with E-state index in [4.69, 9.17) is 0 Å². The van der Waals surface area contributed by atoms with Crippen LogP contribution in [0, 0.1) is 6.92 Å². The van der Waals surface area contributed by atoms with Gasteiger partial charge in [-0.2, -0.15) is 0 Å². The second kappa shape index (κ2) is 9.19. The molecule has 6 nitrogen and oxygen atoms in total. The van der Waals surface area contributed by atoms with E-state index in [-0.39, 0.29) is 18.2 Å². The lowest BCUT2D eigenvalue weighted by Crippen LogP contribution is -2.46. The van der Waals surface area contributed by atoms with Gasteiger partial charge in [0.05, 0.1) is 0 Å². The van der Waals surface area contributed by atoms with Crippen molar-refractivity contribution in [3.8, 4) is 0 Å². The second-order valence-corrected chi connectivity index (χ2v) is 7.72. The third-order valence-corrected chi connectivity index (χ3v) is 6.19. The maximum atomic E-state index is 13.0. The van der Waals surface area contributed by atoms with E-state index >= 15 is 0 Å². The Morgan fingerprint density at radius 1 is 1.28 bits per heavy atom. The number of hydrogen-bond acceptors (Lipinski definition) is 4. The maximum Gasteiger partial charge on any atom is 0.255 e. The van der Waals surface area contributed by atoms with Crippen LogP contribution < -0.4 is 15.9 Å². The van der Waals surface area contributed by atoms with Gasteiger partial charge >= 0.3 is 0 Å². The number of nitrogens with one attached hydrogen (secondary N) is 2. The molecule has 0 saturated carbocycles. The quantitative estimate of drug-likeness (QED) is 0.516. The van der Waals surface area contributed by atoms with E-state index in [0.29, 0.717) is 25.1 Å². The number of rotatable bonds is 8. The summed E-state index contributed by atoms with van der Waals surface area (Å²) in [6, 6.07) is 11.1. The maximum absolute atomic E-state index is 13.0. The van der Waals surface area contributed by atoms with Gasteiger partial charge in [0.2, 0.25) is 5.91 Å². The Labute approximate surface area is 173 Å². The molecule has 0 aromatic heterocycles. The largest absolute Gasteiger partial charge is 0.381 e. The Bertz CT molecular complexity index is 945. The van der Waals surface area contributed by atoms with Crippen LogP contribution in [0.5, 0.6) is 0 Å². The topological polar surface area (TPSA) is 78.5 Å². The predicted octanol–water partition coefficient (Wildman–Crippen LogP) is 2.16. The summed E-state index contributed by atoms with van der Waals surface area (Å²) in [4.78, 5) is 37.7. The molecule has 1 heterocycles. The Morgan fingerprint density at radius 3 is 2.76 bits per heavy atom. The van der Waals surface area contributed by atoms with Gasteiger partial charge in [-0.05, 0) is 41.9 Å². The monoisotopic (exact) mass is 411 g/mol. The normalized spacial score (nSPS) is 13.8. The van der Waals surface area contributed by atoms with Gasteiger partial charge in [-0.1, -0.05) is 24.3 Å². The molecule has 0 bridgehead atoms. The number of aldehydes is 1. The lowest BCUT2D eigenvalue weighted by Gasteiger charge is -2.26. The van der Waals surface area contributed by atoms with Crippen LogP contribution in [0.2, 0.25) is 0 Å². The zero-order valence-corrected chi connectivity index (χ0v) is 17.9. The van der Waals surface area contributed by atoms with Crippen LogP contribution in [0.1, 0.15) is 39.9 Å². The Morgan fingerprint density at radius 2 is 2.03 bits per heavy atom. The molecular weight excluding hydrogens is 385 g/mol. The molecular formula is C22H26N3O3P. The predicted molar refractivity (Wildman–Crippen MR) is 117 cm³/mol. The molecule has 0 saturated heterocycles. The Hall–Kier alpha value is -2.72. The Kier molecular flexibility index (Phi) is 6.65. The van der Waals surface area contributed by atoms with Crippen LogP contribution in [0.4, 0.5) is 5.69 Å². The van der Waals surface area contributed by atoms with Gasteiger partial charge in [0, 0.05) is 43.4 Å². The highest BCUT2D eigenvalue weighted by Crippen LogP contribution is 2.32. The molecule has 2 unspecified atom stereocenters. The minimum absolute atomic E-state index is 0.176. The molecule has 0 spiro atoms. The van der Waals surface area contributed by atoms with Gasteiger partial charge in [-0.3, -0.25) is 9.59 Å². The first kappa shape index (κ1) is 21.0. The number of carbonyl (C=O) groups is 3. The molecule has 1 aliphatic rings. The molecule has 1 aliphatic heterocycles. The zero-order valence-electron chi connectivity index (χ0n) is 16.7. The van der Waals surface area contributed by atoms with E-state index in [9.17, 15) is 14.4 Å². The molecule has 2 N–H and O–H groups in total.